The van der Waals surface area contributed by atoms with Crippen LogP contribution in [0.4, 0.5) is 0 Å². The van der Waals surface area contributed by atoms with E-state index in [1.54, 1.807) is 0 Å². The topological polar surface area (TPSA) is 246 Å². The van der Waals surface area contributed by atoms with Crippen LogP contribution in [0, 0.1) is 0 Å². The summed E-state index contributed by atoms with van der Waals surface area (Å²) in [5, 5.41) is 16.6. The molecule has 0 aliphatic carbocycles. The van der Waals surface area contributed by atoms with Gasteiger partial charge in [-0.25, -0.2) is 4.79 Å². The minimum absolute atomic E-state index is 0.0354. The van der Waals surface area contributed by atoms with Crippen molar-refractivity contribution in [2.45, 2.75) is 69.5 Å². The van der Waals surface area contributed by atoms with Gasteiger partial charge in [-0.05, 0) is 58.0 Å². The third-order valence-electron chi connectivity index (χ3n) is 4.62. The molecule has 0 fully saturated rings. The third kappa shape index (κ3) is 13.5. The van der Waals surface area contributed by atoms with Crippen molar-refractivity contribution in [3.05, 3.63) is 0 Å². The Labute approximate surface area is 187 Å². The number of nitrogens with two attached hydrogens (primary N) is 4. The number of nitrogens with one attached hydrogen (secondary N) is 3. The van der Waals surface area contributed by atoms with Gasteiger partial charge in [-0.15, -0.1) is 0 Å². The monoisotopic (exact) mass is 459 g/mol. The molecule has 0 aliphatic heterocycles. The van der Waals surface area contributed by atoms with Crippen LogP contribution >= 0.6 is 0 Å². The van der Waals surface area contributed by atoms with Crippen LogP contribution in [0.3, 0.4) is 0 Å². The van der Waals surface area contributed by atoms with Gasteiger partial charge in [0.1, 0.15) is 12.1 Å². The predicted octanol–water partition coefficient (Wildman–Crippen LogP) is -2.99. The Kier molecular flexibility index (Phi) is 15.4. The Morgan fingerprint density at radius 1 is 0.781 bits per heavy atom. The number of carbonyl (C=O) groups excluding carboxylic acids is 4. The summed E-state index contributed by atoms with van der Waals surface area (Å²) < 4.78 is 0. The number of carboxylic acid groups (broad SMARTS) is 1. The van der Waals surface area contributed by atoms with E-state index in [9.17, 15) is 29.1 Å². The Morgan fingerprint density at radius 2 is 1.34 bits per heavy atom. The van der Waals surface area contributed by atoms with Crippen LogP contribution in [-0.4, -0.2) is 72.5 Å². The standard InChI is InChI=1S/C19H37N7O6/c20-9-3-1-5-13(18(30)26-14(19(31)32)6-2-4-10-21)25-16(28)11-24-17(29)12(22)7-8-15(23)27/h12-14H,1-11,20-22H2,(H2,23,27)(H,24,29)(H,25,28)(H,26,30)(H,31,32). The van der Waals surface area contributed by atoms with Crippen molar-refractivity contribution in [1.82, 2.24) is 16.0 Å². The van der Waals surface area contributed by atoms with E-state index in [-0.39, 0.29) is 25.7 Å². The molecule has 13 heteroatoms. The summed E-state index contributed by atoms with van der Waals surface area (Å²) in [5.41, 5.74) is 21.5. The minimum Gasteiger partial charge on any atom is -0.480 e. The first-order valence-corrected chi connectivity index (χ1v) is 10.7. The summed E-state index contributed by atoms with van der Waals surface area (Å²) in [5.74, 6) is -3.71. The average molecular weight is 460 g/mol. The van der Waals surface area contributed by atoms with E-state index >= 15 is 0 Å². The maximum absolute atomic E-state index is 12.6. The van der Waals surface area contributed by atoms with Gasteiger partial charge in [0.15, 0.2) is 0 Å². The molecule has 0 aromatic carbocycles. The molecule has 0 aliphatic rings. The SMILES string of the molecule is NCCCCC(NC(=O)C(CCCCN)NC(=O)CNC(=O)C(N)CCC(N)=O)C(=O)O. The van der Waals surface area contributed by atoms with Gasteiger partial charge in [-0.1, -0.05) is 0 Å². The fourth-order valence-corrected chi connectivity index (χ4v) is 2.76. The number of amides is 4. The van der Waals surface area contributed by atoms with Gasteiger partial charge in [0.2, 0.25) is 23.6 Å². The molecule has 0 heterocycles. The van der Waals surface area contributed by atoms with Crippen LogP contribution in [0.5, 0.6) is 0 Å². The lowest BCUT2D eigenvalue weighted by atomic mass is 10.1. The molecule has 32 heavy (non-hydrogen) atoms. The number of primary amides is 1. The van der Waals surface area contributed by atoms with E-state index in [4.69, 9.17) is 22.9 Å². The highest BCUT2D eigenvalue weighted by molar-refractivity contribution is 5.92. The van der Waals surface area contributed by atoms with E-state index in [1.807, 2.05) is 0 Å². The second-order valence-corrected chi connectivity index (χ2v) is 7.42. The zero-order chi connectivity index (χ0) is 24.5. The minimum atomic E-state index is -1.18. The second-order valence-electron chi connectivity index (χ2n) is 7.42. The highest BCUT2D eigenvalue weighted by Crippen LogP contribution is 2.05. The molecule has 0 saturated heterocycles. The molecule has 12 N–H and O–H groups in total. The normalized spacial score (nSPS) is 13.5. The molecule has 0 aromatic rings. The quantitative estimate of drug-likeness (QED) is 0.0972. The molecular formula is C19H37N7O6. The molecule has 3 atom stereocenters. The number of hydrogen-bond acceptors (Lipinski definition) is 8. The Bertz CT molecular complexity index is 631. The maximum Gasteiger partial charge on any atom is 0.326 e. The van der Waals surface area contributed by atoms with E-state index in [0.29, 0.717) is 38.8 Å². The summed E-state index contributed by atoms with van der Waals surface area (Å²) in [6.07, 6.45) is 2.72. The number of hydrogen-bond donors (Lipinski definition) is 8. The molecule has 0 aromatic heterocycles. The zero-order valence-electron chi connectivity index (χ0n) is 18.3. The van der Waals surface area contributed by atoms with Crippen molar-refractivity contribution in [1.29, 1.82) is 0 Å². The van der Waals surface area contributed by atoms with Crippen LogP contribution in [0.1, 0.15) is 51.4 Å². The average Bonchev–Trinajstić information content (AvgIpc) is 2.74. The third-order valence-corrected chi connectivity index (χ3v) is 4.62. The molecule has 0 rings (SSSR count). The Morgan fingerprint density at radius 3 is 1.84 bits per heavy atom. The molecule has 0 bridgehead atoms. The van der Waals surface area contributed by atoms with Gasteiger partial charge < -0.3 is 44.0 Å². The van der Waals surface area contributed by atoms with Gasteiger partial charge in [-0.2, -0.15) is 0 Å². The van der Waals surface area contributed by atoms with Crippen LogP contribution in [0.2, 0.25) is 0 Å². The predicted molar refractivity (Wildman–Crippen MR) is 117 cm³/mol. The Balaban J connectivity index is 4.85. The molecule has 0 radical (unpaired) electrons. The first-order chi connectivity index (χ1) is 15.1. The van der Waals surface area contributed by atoms with Crippen molar-refractivity contribution in [2.75, 3.05) is 19.6 Å². The lowest BCUT2D eigenvalue weighted by Gasteiger charge is -2.22. The second kappa shape index (κ2) is 16.9. The van der Waals surface area contributed by atoms with Crippen molar-refractivity contribution in [3.8, 4) is 0 Å². The molecule has 0 saturated carbocycles. The van der Waals surface area contributed by atoms with Crippen LogP contribution in [0.15, 0.2) is 0 Å². The first-order valence-electron chi connectivity index (χ1n) is 10.7. The number of aliphatic carboxylic acids is 1. The van der Waals surface area contributed by atoms with Gasteiger partial charge >= 0.3 is 5.97 Å². The van der Waals surface area contributed by atoms with Gasteiger partial charge in [0, 0.05) is 6.42 Å². The summed E-state index contributed by atoms with van der Waals surface area (Å²) in [6, 6.07) is -3.11. The highest BCUT2D eigenvalue weighted by Gasteiger charge is 2.26. The highest BCUT2D eigenvalue weighted by atomic mass is 16.4. The lowest BCUT2D eigenvalue weighted by molar-refractivity contribution is -0.142. The number of unbranched alkanes of at least 4 members (excludes halogenated alkanes) is 2. The molecule has 4 amide bonds. The Hall–Kier alpha value is -2.77. The van der Waals surface area contributed by atoms with E-state index in [1.165, 1.54) is 0 Å². The summed E-state index contributed by atoms with van der Waals surface area (Å²) >= 11 is 0. The smallest absolute Gasteiger partial charge is 0.326 e. The van der Waals surface area contributed by atoms with Crippen molar-refractivity contribution >= 4 is 29.6 Å². The summed E-state index contributed by atoms with van der Waals surface area (Å²) in [4.78, 5) is 59.0. The fraction of sp³-hybridized carbons (Fsp3) is 0.737. The molecule has 3 unspecified atom stereocenters. The van der Waals surface area contributed by atoms with E-state index < -0.39 is 54.3 Å². The molecular weight excluding hydrogens is 422 g/mol. The van der Waals surface area contributed by atoms with Crippen molar-refractivity contribution < 1.29 is 29.1 Å². The largest absolute Gasteiger partial charge is 0.480 e. The molecule has 13 nitrogen and oxygen atoms in total. The van der Waals surface area contributed by atoms with E-state index in [2.05, 4.69) is 16.0 Å². The van der Waals surface area contributed by atoms with Crippen molar-refractivity contribution in [3.63, 3.8) is 0 Å². The van der Waals surface area contributed by atoms with Gasteiger partial charge in [0.25, 0.3) is 0 Å². The number of rotatable bonds is 18. The molecule has 0 spiro atoms. The number of carboxylic acids is 1. The van der Waals surface area contributed by atoms with Gasteiger partial charge in [-0.3, -0.25) is 19.2 Å². The summed E-state index contributed by atoms with van der Waals surface area (Å²) in [7, 11) is 0. The van der Waals surface area contributed by atoms with E-state index in [0.717, 1.165) is 0 Å². The first kappa shape index (κ1) is 29.2. The van der Waals surface area contributed by atoms with Crippen LogP contribution in [0.25, 0.3) is 0 Å². The summed E-state index contributed by atoms with van der Waals surface area (Å²) in [6.45, 7) is 0.372. The number of carbonyl (C=O) groups is 5. The van der Waals surface area contributed by atoms with Crippen LogP contribution in [-0.2, 0) is 24.0 Å². The molecule has 184 valence electrons. The van der Waals surface area contributed by atoms with Crippen LogP contribution < -0.4 is 38.9 Å². The van der Waals surface area contributed by atoms with Gasteiger partial charge in [0.05, 0.1) is 12.6 Å². The lowest BCUT2D eigenvalue weighted by Crippen LogP contribution is -2.53. The van der Waals surface area contributed by atoms with Crippen molar-refractivity contribution in [2.24, 2.45) is 22.9 Å². The fourth-order valence-electron chi connectivity index (χ4n) is 2.76. The maximum atomic E-state index is 12.6. The zero-order valence-corrected chi connectivity index (χ0v) is 18.3.